The summed E-state index contributed by atoms with van der Waals surface area (Å²) >= 11 is 3.72. The molecule has 10 aromatic carbocycles. The minimum atomic E-state index is 0.645. The highest BCUT2D eigenvalue weighted by molar-refractivity contribution is 7.26. The van der Waals surface area contributed by atoms with E-state index in [1.807, 2.05) is 71.2 Å². The molecule has 68 heavy (non-hydrogen) atoms. The molecular weight excluding hydrogens is 869 g/mol. The summed E-state index contributed by atoms with van der Waals surface area (Å²) in [5, 5.41) is 5.23. The number of aromatic nitrogens is 2. The summed E-state index contributed by atoms with van der Waals surface area (Å²) in [6.07, 6.45) is 0. The van der Waals surface area contributed by atoms with Gasteiger partial charge in [0, 0.05) is 57.0 Å². The van der Waals surface area contributed by atoms with Gasteiger partial charge in [0.15, 0.2) is 11.2 Å². The van der Waals surface area contributed by atoms with Gasteiger partial charge in [-0.3, -0.25) is 0 Å². The van der Waals surface area contributed by atoms with E-state index in [9.17, 15) is 0 Å². The second kappa shape index (κ2) is 16.8. The lowest BCUT2D eigenvalue weighted by Gasteiger charge is -2.10. The van der Waals surface area contributed by atoms with Crippen LogP contribution in [0.3, 0.4) is 0 Å². The van der Waals surface area contributed by atoms with Crippen LogP contribution in [0.5, 0.6) is 0 Å². The molecule has 14 rings (SSSR count). The van der Waals surface area contributed by atoms with Gasteiger partial charge in [-0.05, 0) is 118 Å². The number of thiophene rings is 2. The van der Waals surface area contributed by atoms with Crippen molar-refractivity contribution in [3.63, 3.8) is 0 Å². The van der Waals surface area contributed by atoms with Gasteiger partial charge in [0.05, 0.1) is 0 Å². The fourth-order valence-corrected chi connectivity index (χ4v) is 11.7. The van der Waals surface area contributed by atoms with Crippen molar-refractivity contribution in [2.75, 3.05) is 0 Å². The van der Waals surface area contributed by atoms with Gasteiger partial charge in [0.1, 0.15) is 11.0 Å². The second-order valence-corrected chi connectivity index (χ2v) is 19.0. The van der Waals surface area contributed by atoms with Crippen LogP contribution < -0.4 is 0 Å². The number of fused-ring (bicyclic) bond motifs is 8. The number of para-hydroxylation sites is 4. The molecule has 0 saturated heterocycles. The van der Waals surface area contributed by atoms with Crippen LogP contribution in [0.15, 0.2) is 239 Å². The van der Waals surface area contributed by atoms with Gasteiger partial charge in [-0.25, -0.2) is 9.97 Å². The third-order valence-corrected chi connectivity index (χ3v) is 15.1. The molecular formula is C62H38N2O2S2. The predicted octanol–water partition coefficient (Wildman–Crippen LogP) is 18.4. The third-order valence-electron chi connectivity index (χ3n) is 12.7. The molecule has 0 spiro atoms. The topological polar surface area (TPSA) is 52.1 Å². The van der Waals surface area contributed by atoms with Crippen LogP contribution in [0.1, 0.15) is 0 Å². The molecule has 0 aliphatic carbocycles. The monoisotopic (exact) mass is 906 g/mol. The Balaban J connectivity index is 0.000000143. The lowest BCUT2D eigenvalue weighted by atomic mass is 9.95. The maximum absolute atomic E-state index is 6.03. The second-order valence-electron chi connectivity index (χ2n) is 16.9. The Morgan fingerprint density at radius 2 is 0.750 bits per heavy atom. The number of rotatable bonds is 6. The normalized spacial score (nSPS) is 11.5. The fraction of sp³-hybridized carbons (Fsp3) is 0. The zero-order valence-electron chi connectivity index (χ0n) is 36.5. The first-order valence-corrected chi connectivity index (χ1v) is 24.2. The number of hydrogen-bond acceptors (Lipinski definition) is 6. The lowest BCUT2D eigenvalue weighted by Crippen LogP contribution is -1.84. The summed E-state index contributed by atoms with van der Waals surface area (Å²) in [5.74, 6) is 1.30. The number of hydrogen-bond donors (Lipinski definition) is 0. The van der Waals surface area contributed by atoms with E-state index < -0.39 is 0 Å². The maximum Gasteiger partial charge on any atom is 0.227 e. The predicted molar refractivity (Wildman–Crippen MR) is 286 cm³/mol. The van der Waals surface area contributed by atoms with E-state index in [0.717, 1.165) is 33.3 Å². The van der Waals surface area contributed by atoms with E-state index in [4.69, 9.17) is 8.83 Å². The quantitative estimate of drug-likeness (QED) is 0.167. The first-order valence-electron chi connectivity index (χ1n) is 22.6. The van der Waals surface area contributed by atoms with Crippen LogP contribution in [0.25, 0.3) is 130 Å². The van der Waals surface area contributed by atoms with Crippen molar-refractivity contribution in [1.29, 1.82) is 0 Å². The highest BCUT2D eigenvalue weighted by atomic mass is 32.1. The lowest BCUT2D eigenvalue weighted by molar-refractivity contribution is 0.619. The Bertz CT molecular complexity index is 4060. The van der Waals surface area contributed by atoms with Crippen LogP contribution in [-0.4, -0.2) is 9.97 Å². The highest BCUT2D eigenvalue weighted by Crippen LogP contribution is 2.45. The van der Waals surface area contributed by atoms with Gasteiger partial charge in [0.25, 0.3) is 0 Å². The molecule has 6 heteroatoms. The van der Waals surface area contributed by atoms with E-state index in [1.165, 1.54) is 84.9 Å². The largest absolute Gasteiger partial charge is 0.436 e. The molecule has 0 fully saturated rings. The highest BCUT2D eigenvalue weighted by Gasteiger charge is 2.17. The van der Waals surface area contributed by atoms with Gasteiger partial charge in [-0.2, -0.15) is 0 Å². The molecule has 0 unspecified atom stereocenters. The molecule has 0 atom stereocenters. The average Bonchev–Trinajstić information content (AvgIpc) is 4.22. The zero-order valence-corrected chi connectivity index (χ0v) is 38.1. The van der Waals surface area contributed by atoms with E-state index in [2.05, 4.69) is 192 Å². The van der Waals surface area contributed by atoms with Crippen molar-refractivity contribution < 1.29 is 8.83 Å². The summed E-state index contributed by atoms with van der Waals surface area (Å²) in [4.78, 5) is 9.29. The summed E-state index contributed by atoms with van der Waals surface area (Å²) < 4.78 is 17.2. The Kier molecular flexibility index (Phi) is 9.85. The molecule has 0 radical (unpaired) electrons. The smallest absolute Gasteiger partial charge is 0.227 e. The molecule has 0 amide bonds. The van der Waals surface area contributed by atoms with Gasteiger partial charge < -0.3 is 8.83 Å². The van der Waals surface area contributed by atoms with Gasteiger partial charge in [-0.1, -0.05) is 152 Å². The molecule has 320 valence electrons. The number of oxazole rings is 2. The standard InChI is InChI=1S/C37H23NOS.C25H15NOS/c1-3-9-24(10-4-1)28-19-20-35-31(21-28)32-23-29(25-11-5-2-6-12-25)22-30(36(32)40-35)26-15-17-27(18-16-26)37-38-33-13-7-8-14-34(33)39-37;1-4-11-23-19(6-1)20-8-5-7-18(24(20)28-23)16-12-14-17(15-13-16)25-26-21-9-2-3-10-22(21)27-25/h1-23H;1-15H. The van der Waals surface area contributed by atoms with Crippen molar-refractivity contribution in [3.8, 4) is 67.4 Å². The minimum Gasteiger partial charge on any atom is -0.436 e. The summed E-state index contributed by atoms with van der Waals surface area (Å²) in [6.45, 7) is 0. The van der Waals surface area contributed by atoms with E-state index in [1.54, 1.807) is 0 Å². The molecule has 0 bridgehead atoms. The molecule has 0 saturated carbocycles. The zero-order chi connectivity index (χ0) is 45.0. The van der Waals surface area contributed by atoms with Gasteiger partial charge >= 0.3 is 0 Å². The summed E-state index contributed by atoms with van der Waals surface area (Å²) in [5.41, 5.74) is 15.1. The minimum absolute atomic E-state index is 0.645. The number of nitrogens with zero attached hydrogens (tertiary/aromatic N) is 2. The first kappa shape index (κ1) is 39.9. The van der Waals surface area contributed by atoms with Crippen LogP contribution in [0.4, 0.5) is 0 Å². The Morgan fingerprint density at radius 1 is 0.279 bits per heavy atom. The van der Waals surface area contributed by atoms with Crippen LogP contribution in [0, 0.1) is 0 Å². The molecule has 4 heterocycles. The van der Waals surface area contributed by atoms with Crippen LogP contribution in [0.2, 0.25) is 0 Å². The van der Waals surface area contributed by atoms with Crippen molar-refractivity contribution >= 4 is 85.2 Å². The summed E-state index contributed by atoms with van der Waals surface area (Å²) in [7, 11) is 0. The average molecular weight is 907 g/mol. The van der Waals surface area contributed by atoms with Crippen molar-refractivity contribution in [3.05, 3.63) is 231 Å². The third kappa shape index (κ3) is 7.24. The SMILES string of the molecule is c1ccc(-c2ccc3sc4c(-c5ccc(-c6nc7ccccc7o6)cc5)cc(-c5ccccc5)cc4c3c2)cc1.c1ccc2oc(-c3ccc(-c4cccc5c4sc4ccccc45)cc3)nc2c1. The molecule has 0 N–H and O–H groups in total. The molecule has 4 nitrogen and oxygen atoms in total. The Labute approximate surface area is 399 Å². The Morgan fingerprint density at radius 3 is 1.38 bits per heavy atom. The van der Waals surface area contributed by atoms with Crippen LogP contribution in [-0.2, 0) is 0 Å². The number of benzene rings is 10. The van der Waals surface area contributed by atoms with Crippen molar-refractivity contribution in [2.45, 2.75) is 0 Å². The summed E-state index contributed by atoms with van der Waals surface area (Å²) in [6, 6.07) is 80.8. The van der Waals surface area contributed by atoms with E-state index in [0.29, 0.717) is 11.8 Å². The fourth-order valence-electron chi connectivity index (χ4n) is 9.25. The first-order chi connectivity index (χ1) is 33.7. The Hall–Kier alpha value is -8.42. The van der Waals surface area contributed by atoms with Gasteiger partial charge in [0.2, 0.25) is 11.8 Å². The van der Waals surface area contributed by atoms with Crippen LogP contribution >= 0.6 is 22.7 Å². The van der Waals surface area contributed by atoms with E-state index >= 15 is 0 Å². The molecule has 0 aliphatic heterocycles. The van der Waals surface area contributed by atoms with Crippen molar-refractivity contribution in [2.24, 2.45) is 0 Å². The van der Waals surface area contributed by atoms with E-state index in [-0.39, 0.29) is 0 Å². The molecule has 14 aromatic rings. The molecule has 4 aromatic heterocycles. The van der Waals surface area contributed by atoms with Crippen molar-refractivity contribution in [1.82, 2.24) is 9.97 Å². The van der Waals surface area contributed by atoms with Gasteiger partial charge in [-0.15, -0.1) is 22.7 Å². The maximum atomic E-state index is 6.03. The molecule has 0 aliphatic rings.